The molecule has 0 aromatic rings. The second-order valence-corrected chi connectivity index (χ2v) is 2.34. The molecule has 56 valence electrons. The molecular formula is C6H12ClFO. The molecule has 0 radical (unpaired) electrons. The fourth-order valence-corrected chi connectivity index (χ4v) is 0.741. The maximum Gasteiger partial charge on any atom is 0.123 e. The van der Waals surface area contributed by atoms with Crippen LogP contribution in [0.5, 0.6) is 0 Å². The predicted octanol–water partition coefficient (Wildman–Crippen LogP) is 1.73. The first-order valence-electron chi connectivity index (χ1n) is 3.12. The monoisotopic (exact) mass is 154 g/mol. The summed E-state index contributed by atoms with van der Waals surface area (Å²) in [5.41, 5.74) is 0. The second-order valence-electron chi connectivity index (χ2n) is 1.96. The van der Waals surface area contributed by atoms with Crippen molar-refractivity contribution in [2.45, 2.75) is 25.4 Å². The van der Waals surface area contributed by atoms with E-state index in [9.17, 15) is 4.39 Å². The summed E-state index contributed by atoms with van der Waals surface area (Å²) in [5, 5.41) is 8.23. The van der Waals surface area contributed by atoms with Crippen LogP contribution in [-0.2, 0) is 0 Å². The first-order chi connectivity index (χ1) is 4.31. The van der Waals surface area contributed by atoms with Gasteiger partial charge < -0.3 is 5.11 Å². The van der Waals surface area contributed by atoms with E-state index in [0.29, 0.717) is 12.3 Å². The Morgan fingerprint density at radius 1 is 1.44 bits per heavy atom. The first-order valence-corrected chi connectivity index (χ1v) is 3.65. The fourth-order valence-electron chi connectivity index (χ4n) is 0.552. The summed E-state index contributed by atoms with van der Waals surface area (Å²) < 4.78 is 12.2. The normalized spacial score (nSPS) is 13.7. The van der Waals surface area contributed by atoms with Crippen LogP contribution in [0.1, 0.15) is 19.3 Å². The van der Waals surface area contributed by atoms with E-state index < -0.39 is 6.17 Å². The van der Waals surface area contributed by atoms with E-state index in [-0.39, 0.29) is 6.61 Å². The molecule has 1 nitrogen and oxygen atoms in total. The number of alkyl halides is 2. The minimum Gasteiger partial charge on any atom is -0.393 e. The number of rotatable bonds is 5. The van der Waals surface area contributed by atoms with Gasteiger partial charge in [-0.1, -0.05) is 0 Å². The lowest BCUT2D eigenvalue weighted by atomic mass is 10.2. The van der Waals surface area contributed by atoms with Crippen molar-refractivity contribution in [2.24, 2.45) is 0 Å². The third kappa shape index (κ3) is 6.06. The van der Waals surface area contributed by atoms with Crippen LogP contribution < -0.4 is 0 Å². The number of aliphatic hydroxyl groups is 1. The zero-order valence-electron chi connectivity index (χ0n) is 5.32. The highest BCUT2D eigenvalue weighted by Gasteiger charge is 2.01. The molecule has 1 N–H and O–H groups in total. The van der Waals surface area contributed by atoms with Crippen molar-refractivity contribution in [3.8, 4) is 0 Å². The Hall–Kier alpha value is 0.180. The Kier molecular flexibility index (Phi) is 6.43. The molecule has 0 amide bonds. The van der Waals surface area contributed by atoms with E-state index in [2.05, 4.69) is 0 Å². The summed E-state index contributed by atoms with van der Waals surface area (Å²) in [6, 6.07) is 0. The van der Waals surface area contributed by atoms with E-state index >= 15 is 0 Å². The number of hydrogen-bond donors (Lipinski definition) is 1. The van der Waals surface area contributed by atoms with Crippen LogP contribution in [0.4, 0.5) is 4.39 Å². The molecule has 0 heterocycles. The Bertz CT molecular complexity index is 61.0. The van der Waals surface area contributed by atoms with E-state index in [1.807, 2.05) is 0 Å². The van der Waals surface area contributed by atoms with Gasteiger partial charge in [-0.3, -0.25) is 0 Å². The predicted molar refractivity (Wildman–Crippen MR) is 36.6 cm³/mol. The highest BCUT2D eigenvalue weighted by atomic mass is 35.5. The van der Waals surface area contributed by atoms with Crippen LogP contribution >= 0.6 is 11.6 Å². The number of aliphatic hydroxyl groups excluding tert-OH is 1. The van der Waals surface area contributed by atoms with Crippen molar-refractivity contribution < 1.29 is 9.50 Å². The smallest absolute Gasteiger partial charge is 0.123 e. The fraction of sp³-hybridized carbons (Fsp3) is 1.00. The van der Waals surface area contributed by atoms with Gasteiger partial charge in [0.05, 0.1) is 6.61 Å². The lowest BCUT2D eigenvalue weighted by Gasteiger charge is -2.00. The van der Waals surface area contributed by atoms with Gasteiger partial charge in [0.15, 0.2) is 0 Å². The van der Waals surface area contributed by atoms with Crippen LogP contribution in [0.2, 0.25) is 0 Å². The highest BCUT2D eigenvalue weighted by molar-refractivity contribution is 6.17. The third-order valence-electron chi connectivity index (χ3n) is 1.10. The van der Waals surface area contributed by atoms with Crippen molar-refractivity contribution in [3.05, 3.63) is 0 Å². The molecule has 0 unspecified atom stereocenters. The summed E-state index contributed by atoms with van der Waals surface area (Å²) >= 11 is 5.34. The van der Waals surface area contributed by atoms with Crippen molar-refractivity contribution in [1.82, 2.24) is 0 Å². The van der Waals surface area contributed by atoms with Crippen LogP contribution in [0, 0.1) is 0 Å². The van der Waals surface area contributed by atoms with Crippen LogP contribution in [0.15, 0.2) is 0 Å². The van der Waals surface area contributed by atoms with Gasteiger partial charge in [-0.2, -0.15) is 0 Å². The summed E-state index contributed by atoms with van der Waals surface area (Å²) in [6.07, 6.45) is 0.990. The molecule has 0 saturated heterocycles. The Balaban J connectivity index is 2.88. The van der Waals surface area contributed by atoms with E-state index in [4.69, 9.17) is 16.7 Å². The second kappa shape index (κ2) is 6.30. The molecule has 1 atom stereocenters. The van der Waals surface area contributed by atoms with Crippen LogP contribution in [0.3, 0.4) is 0 Å². The molecule has 0 bridgehead atoms. The Morgan fingerprint density at radius 3 is 2.56 bits per heavy atom. The standard InChI is InChI=1S/C6H12ClFO/c7-4-2-1-3-6(8)5-9/h6,9H,1-5H2/t6-/m0/s1. The number of hydrogen-bond acceptors (Lipinski definition) is 1. The largest absolute Gasteiger partial charge is 0.393 e. The van der Waals surface area contributed by atoms with Gasteiger partial charge >= 0.3 is 0 Å². The van der Waals surface area contributed by atoms with Crippen molar-refractivity contribution >= 4 is 11.6 Å². The molecule has 0 rings (SSSR count). The Morgan fingerprint density at radius 2 is 2.11 bits per heavy atom. The van der Waals surface area contributed by atoms with E-state index in [1.165, 1.54) is 0 Å². The maximum absolute atomic E-state index is 12.2. The summed E-state index contributed by atoms with van der Waals surface area (Å²) in [7, 11) is 0. The molecule has 0 spiro atoms. The maximum atomic E-state index is 12.2. The minimum absolute atomic E-state index is 0.359. The lowest BCUT2D eigenvalue weighted by molar-refractivity contribution is 0.168. The Labute approximate surface area is 59.8 Å². The first kappa shape index (κ1) is 9.18. The van der Waals surface area contributed by atoms with Gasteiger partial charge in [0, 0.05) is 5.88 Å². The minimum atomic E-state index is -1.05. The topological polar surface area (TPSA) is 20.2 Å². The molecule has 0 aromatic heterocycles. The van der Waals surface area contributed by atoms with Gasteiger partial charge in [0.2, 0.25) is 0 Å². The zero-order valence-corrected chi connectivity index (χ0v) is 6.07. The average Bonchev–Trinajstić information content (AvgIpc) is 1.89. The molecule has 0 aliphatic carbocycles. The summed E-state index contributed by atoms with van der Waals surface area (Å²) in [4.78, 5) is 0. The number of halogens is 2. The summed E-state index contributed by atoms with van der Waals surface area (Å²) in [5.74, 6) is 0.581. The molecule has 0 aliphatic rings. The quantitative estimate of drug-likeness (QED) is 0.472. The molecule has 9 heavy (non-hydrogen) atoms. The molecule has 0 fully saturated rings. The highest BCUT2D eigenvalue weighted by Crippen LogP contribution is 2.03. The van der Waals surface area contributed by atoms with E-state index in [1.54, 1.807) is 0 Å². The van der Waals surface area contributed by atoms with Gasteiger partial charge in [-0.15, -0.1) is 11.6 Å². The van der Waals surface area contributed by atoms with Crippen molar-refractivity contribution in [1.29, 1.82) is 0 Å². The number of unbranched alkanes of at least 4 members (excludes halogenated alkanes) is 1. The molecule has 0 aromatic carbocycles. The van der Waals surface area contributed by atoms with Gasteiger partial charge in [0.1, 0.15) is 6.17 Å². The average molecular weight is 155 g/mol. The van der Waals surface area contributed by atoms with Crippen molar-refractivity contribution in [3.63, 3.8) is 0 Å². The lowest BCUT2D eigenvalue weighted by Crippen LogP contribution is -2.05. The van der Waals surface area contributed by atoms with Crippen LogP contribution in [0.25, 0.3) is 0 Å². The molecule has 0 saturated carbocycles. The van der Waals surface area contributed by atoms with Gasteiger partial charge in [-0.05, 0) is 19.3 Å². The van der Waals surface area contributed by atoms with Crippen molar-refractivity contribution in [2.75, 3.05) is 12.5 Å². The molecular weight excluding hydrogens is 143 g/mol. The van der Waals surface area contributed by atoms with Gasteiger partial charge in [0.25, 0.3) is 0 Å². The molecule has 0 aliphatic heterocycles. The van der Waals surface area contributed by atoms with Crippen LogP contribution in [-0.4, -0.2) is 23.8 Å². The van der Waals surface area contributed by atoms with Gasteiger partial charge in [-0.25, -0.2) is 4.39 Å². The summed E-state index contributed by atoms with van der Waals surface area (Å²) in [6.45, 7) is -0.359. The zero-order chi connectivity index (χ0) is 7.11. The van der Waals surface area contributed by atoms with E-state index in [0.717, 1.165) is 12.8 Å². The SMILES string of the molecule is OC[C@@H](F)CCCCCl. The third-order valence-corrected chi connectivity index (χ3v) is 1.37. The molecule has 3 heteroatoms.